The van der Waals surface area contributed by atoms with Crippen LogP contribution in [0.2, 0.25) is 0 Å². The topological polar surface area (TPSA) is 9.23 Å². The molecule has 0 amide bonds. The van der Waals surface area contributed by atoms with Crippen molar-refractivity contribution in [3.05, 3.63) is 0 Å². The van der Waals surface area contributed by atoms with Crippen LogP contribution in [0.1, 0.15) is 0 Å². The molecule has 2 atom stereocenters. The molecule has 0 aromatic carbocycles. The minimum atomic E-state index is 0.171. The lowest BCUT2D eigenvalue weighted by Crippen LogP contribution is -2.01. The molecule has 0 bridgehead atoms. The Morgan fingerprint density at radius 1 is 2.00 bits per heavy atom. The van der Waals surface area contributed by atoms with E-state index >= 15 is 0 Å². The van der Waals surface area contributed by atoms with Crippen LogP contribution < -0.4 is 0 Å². The summed E-state index contributed by atoms with van der Waals surface area (Å²) in [4.78, 5) is 0. The van der Waals surface area contributed by atoms with E-state index in [1.165, 1.54) is 0 Å². The van der Waals surface area contributed by atoms with Gasteiger partial charge in [0.2, 0.25) is 0 Å². The summed E-state index contributed by atoms with van der Waals surface area (Å²) in [6, 6.07) is 0. The Balaban J connectivity index is 3.04. The molecule has 7 heavy (non-hydrogen) atoms. The highest BCUT2D eigenvalue weighted by Gasteiger charge is 1.90. The van der Waals surface area contributed by atoms with E-state index in [4.69, 9.17) is 11.2 Å². The van der Waals surface area contributed by atoms with Crippen LogP contribution in [0.4, 0.5) is 0 Å². The Morgan fingerprint density at radius 2 is 2.57 bits per heavy atom. The number of hydrogen-bond donors (Lipinski definition) is 0. The summed E-state index contributed by atoms with van der Waals surface area (Å²) in [5, 5.41) is 0. The normalized spacial score (nSPS) is 12.7. The van der Waals surface area contributed by atoms with E-state index < -0.39 is 0 Å². The van der Waals surface area contributed by atoms with Crippen LogP contribution in [0.15, 0.2) is 0 Å². The molecular weight excluding hydrogens is 107 g/mol. The molecule has 40 valence electrons. The van der Waals surface area contributed by atoms with E-state index in [9.17, 15) is 0 Å². The molecule has 2 unspecified atom stereocenters. The number of hydrogen-bond acceptors (Lipinski definition) is 1. The summed E-state index contributed by atoms with van der Waals surface area (Å²) < 4.78 is 4.73. The first-order valence-electron chi connectivity index (χ1n) is 2.02. The standard InChI is InChI=1S/C5H9OP/c1-3-5(7)4-6-2/h1,5H,4,7H2,2H3. The summed E-state index contributed by atoms with van der Waals surface area (Å²) >= 11 is 0. The van der Waals surface area contributed by atoms with Gasteiger partial charge in [0.1, 0.15) is 0 Å². The molecule has 0 saturated heterocycles. The second-order valence-electron chi connectivity index (χ2n) is 1.23. The highest BCUT2D eigenvalue weighted by Crippen LogP contribution is 1.95. The molecule has 0 heterocycles. The fourth-order valence-corrected chi connectivity index (χ4v) is 0.420. The van der Waals surface area contributed by atoms with Crippen molar-refractivity contribution in [2.75, 3.05) is 13.7 Å². The van der Waals surface area contributed by atoms with Gasteiger partial charge in [-0.1, -0.05) is 5.92 Å². The molecular formula is C5H9OP. The summed E-state index contributed by atoms with van der Waals surface area (Å²) in [5.41, 5.74) is 0.171. The molecule has 0 aliphatic rings. The van der Waals surface area contributed by atoms with E-state index in [0.29, 0.717) is 6.61 Å². The van der Waals surface area contributed by atoms with Crippen LogP contribution in [-0.4, -0.2) is 19.4 Å². The largest absolute Gasteiger partial charge is 0.383 e. The Labute approximate surface area is 46.6 Å². The van der Waals surface area contributed by atoms with E-state index in [1.54, 1.807) is 7.11 Å². The molecule has 0 aromatic rings. The van der Waals surface area contributed by atoms with Gasteiger partial charge in [-0.2, -0.15) is 0 Å². The van der Waals surface area contributed by atoms with Gasteiger partial charge in [0.15, 0.2) is 0 Å². The summed E-state index contributed by atoms with van der Waals surface area (Å²) in [6.07, 6.45) is 5.01. The fourth-order valence-electron chi connectivity index (χ4n) is 0.228. The Morgan fingerprint density at radius 3 is 2.71 bits per heavy atom. The maximum absolute atomic E-state index is 5.01. The van der Waals surface area contributed by atoms with Crippen LogP contribution in [0.3, 0.4) is 0 Å². The predicted octanol–water partition coefficient (Wildman–Crippen LogP) is 0.510. The average Bonchev–Trinajstić information content (AvgIpc) is 1.68. The van der Waals surface area contributed by atoms with Gasteiger partial charge in [0.25, 0.3) is 0 Å². The van der Waals surface area contributed by atoms with Gasteiger partial charge < -0.3 is 4.74 Å². The lowest BCUT2D eigenvalue weighted by molar-refractivity contribution is 0.209. The molecule has 0 rings (SSSR count). The van der Waals surface area contributed by atoms with Crippen LogP contribution in [0.5, 0.6) is 0 Å². The fraction of sp³-hybridized carbons (Fsp3) is 0.600. The summed E-state index contributed by atoms with van der Waals surface area (Å²) in [5.74, 6) is 2.50. The Bertz CT molecular complexity index is 74.6. The zero-order chi connectivity index (χ0) is 5.70. The number of ether oxygens (including phenoxy) is 1. The average molecular weight is 116 g/mol. The molecule has 0 aliphatic heterocycles. The second kappa shape index (κ2) is 4.12. The van der Waals surface area contributed by atoms with Crippen molar-refractivity contribution in [3.8, 4) is 12.3 Å². The molecule has 0 aliphatic carbocycles. The van der Waals surface area contributed by atoms with E-state index in [-0.39, 0.29) is 5.66 Å². The maximum atomic E-state index is 5.01. The lowest BCUT2D eigenvalue weighted by Gasteiger charge is -1.97. The molecule has 0 aromatic heterocycles. The monoisotopic (exact) mass is 116 g/mol. The third-order valence-electron chi connectivity index (χ3n) is 0.560. The molecule has 0 saturated carbocycles. The molecule has 0 spiro atoms. The quantitative estimate of drug-likeness (QED) is 0.377. The summed E-state index contributed by atoms with van der Waals surface area (Å²) in [6.45, 7) is 0.626. The minimum Gasteiger partial charge on any atom is -0.383 e. The molecule has 2 heteroatoms. The highest BCUT2D eigenvalue weighted by molar-refractivity contribution is 7.18. The van der Waals surface area contributed by atoms with Gasteiger partial charge >= 0.3 is 0 Å². The van der Waals surface area contributed by atoms with E-state index in [0.717, 1.165) is 0 Å². The molecule has 0 radical (unpaired) electrons. The van der Waals surface area contributed by atoms with Crippen LogP contribution >= 0.6 is 9.24 Å². The van der Waals surface area contributed by atoms with Crippen molar-refractivity contribution in [1.82, 2.24) is 0 Å². The first-order valence-corrected chi connectivity index (χ1v) is 2.68. The smallest absolute Gasteiger partial charge is 0.0634 e. The molecule has 0 fully saturated rings. The zero-order valence-electron chi connectivity index (χ0n) is 4.35. The first kappa shape index (κ1) is 6.95. The van der Waals surface area contributed by atoms with Gasteiger partial charge in [-0.05, 0) is 0 Å². The Kier molecular flexibility index (Phi) is 4.09. The van der Waals surface area contributed by atoms with Crippen molar-refractivity contribution in [1.29, 1.82) is 0 Å². The SMILES string of the molecule is C#CC(P)COC. The van der Waals surface area contributed by atoms with Crippen molar-refractivity contribution in [2.45, 2.75) is 5.66 Å². The third-order valence-corrected chi connectivity index (χ3v) is 0.945. The number of terminal acetylenes is 1. The summed E-state index contributed by atoms with van der Waals surface area (Å²) in [7, 11) is 4.13. The highest BCUT2D eigenvalue weighted by atomic mass is 31.0. The number of methoxy groups -OCH3 is 1. The van der Waals surface area contributed by atoms with Crippen molar-refractivity contribution in [3.63, 3.8) is 0 Å². The van der Waals surface area contributed by atoms with E-state index in [2.05, 4.69) is 15.2 Å². The minimum absolute atomic E-state index is 0.171. The maximum Gasteiger partial charge on any atom is 0.0634 e. The predicted molar refractivity (Wildman–Crippen MR) is 34.2 cm³/mol. The molecule has 1 nitrogen and oxygen atoms in total. The lowest BCUT2D eigenvalue weighted by atomic mass is 10.5. The van der Waals surface area contributed by atoms with Gasteiger partial charge in [-0.15, -0.1) is 15.7 Å². The zero-order valence-corrected chi connectivity index (χ0v) is 5.50. The van der Waals surface area contributed by atoms with Crippen molar-refractivity contribution >= 4 is 9.24 Å². The van der Waals surface area contributed by atoms with Crippen molar-refractivity contribution in [2.24, 2.45) is 0 Å². The van der Waals surface area contributed by atoms with Gasteiger partial charge in [0.05, 0.1) is 12.3 Å². The van der Waals surface area contributed by atoms with Gasteiger partial charge in [-0.3, -0.25) is 0 Å². The van der Waals surface area contributed by atoms with Gasteiger partial charge in [0, 0.05) is 7.11 Å². The first-order chi connectivity index (χ1) is 3.31. The van der Waals surface area contributed by atoms with Crippen LogP contribution in [0.25, 0.3) is 0 Å². The number of rotatable bonds is 2. The molecule has 0 N–H and O–H groups in total. The second-order valence-corrected chi connectivity index (χ2v) is 2.03. The van der Waals surface area contributed by atoms with Gasteiger partial charge in [-0.25, -0.2) is 0 Å². The third kappa shape index (κ3) is 3.79. The Hall–Kier alpha value is -0.0500. The van der Waals surface area contributed by atoms with E-state index in [1.807, 2.05) is 0 Å². The van der Waals surface area contributed by atoms with Crippen molar-refractivity contribution < 1.29 is 4.74 Å². The van der Waals surface area contributed by atoms with Crippen LogP contribution in [0, 0.1) is 12.3 Å². The van der Waals surface area contributed by atoms with Crippen LogP contribution in [-0.2, 0) is 4.74 Å².